The van der Waals surface area contributed by atoms with E-state index in [2.05, 4.69) is 15.6 Å². The third-order valence-electron chi connectivity index (χ3n) is 7.16. The third-order valence-corrected chi connectivity index (χ3v) is 7.16. The molecule has 0 spiro atoms. The fourth-order valence-corrected chi connectivity index (χ4v) is 4.98. The van der Waals surface area contributed by atoms with Crippen molar-refractivity contribution < 1.29 is 14.0 Å². The molecule has 1 aromatic heterocycles. The van der Waals surface area contributed by atoms with Crippen LogP contribution in [0, 0.1) is 11.8 Å². The Hall–Kier alpha value is -2.83. The summed E-state index contributed by atoms with van der Waals surface area (Å²) in [5.41, 5.74) is 0.898. The first-order chi connectivity index (χ1) is 16.1. The van der Waals surface area contributed by atoms with Crippen molar-refractivity contribution in [3.8, 4) is 0 Å². The van der Waals surface area contributed by atoms with Gasteiger partial charge in [-0.25, -0.2) is 4.98 Å². The summed E-state index contributed by atoms with van der Waals surface area (Å²) in [5.74, 6) is 0.792. The number of benzene rings is 1. The molecule has 1 saturated heterocycles. The van der Waals surface area contributed by atoms with Crippen molar-refractivity contribution in [3.05, 3.63) is 42.3 Å². The largest absolute Gasteiger partial charge is 0.426 e. The lowest BCUT2D eigenvalue weighted by molar-refractivity contribution is -0.140. The Morgan fingerprint density at radius 3 is 2.61 bits per heavy atom. The minimum absolute atomic E-state index is 0.0221. The Kier molecular flexibility index (Phi) is 7.68. The van der Waals surface area contributed by atoms with Gasteiger partial charge in [-0.15, -0.1) is 0 Å². The summed E-state index contributed by atoms with van der Waals surface area (Å²) in [4.78, 5) is 32.8. The molecule has 0 bridgehead atoms. The molecule has 2 aliphatic rings. The van der Waals surface area contributed by atoms with Crippen LogP contribution in [0.15, 0.2) is 40.9 Å². The van der Waals surface area contributed by atoms with Gasteiger partial charge in [0, 0.05) is 18.2 Å². The molecule has 0 unspecified atom stereocenters. The second-order valence-corrected chi connectivity index (χ2v) is 9.44. The van der Waals surface area contributed by atoms with Crippen molar-refractivity contribution in [1.29, 1.82) is 0 Å². The number of anilines is 2. The minimum Gasteiger partial charge on any atom is -0.426 e. The van der Waals surface area contributed by atoms with Gasteiger partial charge in [0.25, 0.3) is 6.01 Å². The van der Waals surface area contributed by atoms with E-state index >= 15 is 0 Å². The molecule has 2 N–H and O–H groups in total. The Labute approximate surface area is 196 Å². The number of para-hydroxylation sites is 1. The molecule has 7 heteroatoms. The van der Waals surface area contributed by atoms with Gasteiger partial charge in [0.2, 0.25) is 11.8 Å². The molecule has 33 heavy (non-hydrogen) atoms. The lowest BCUT2D eigenvalue weighted by Gasteiger charge is -2.35. The van der Waals surface area contributed by atoms with Crippen molar-refractivity contribution in [3.63, 3.8) is 0 Å². The van der Waals surface area contributed by atoms with Crippen LogP contribution in [0.4, 0.5) is 11.7 Å². The predicted molar refractivity (Wildman–Crippen MR) is 128 cm³/mol. The van der Waals surface area contributed by atoms with Gasteiger partial charge in [0.15, 0.2) is 0 Å². The van der Waals surface area contributed by atoms with Crippen LogP contribution in [-0.2, 0) is 9.59 Å². The van der Waals surface area contributed by atoms with Crippen molar-refractivity contribution >= 4 is 23.5 Å². The fourth-order valence-electron chi connectivity index (χ4n) is 4.98. The molecule has 1 aliphatic carbocycles. The van der Waals surface area contributed by atoms with Gasteiger partial charge in [-0.1, -0.05) is 51.3 Å². The van der Waals surface area contributed by atoms with E-state index in [9.17, 15) is 9.59 Å². The van der Waals surface area contributed by atoms with E-state index in [1.807, 2.05) is 49.1 Å². The van der Waals surface area contributed by atoms with Gasteiger partial charge in [0.05, 0.1) is 12.2 Å². The molecule has 4 rings (SSSR count). The average Bonchev–Trinajstić information content (AvgIpc) is 3.52. The number of nitrogens with zero attached hydrogens (tertiary/aromatic N) is 2. The highest BCUT2D eigenvalue weighted by Gasteiger charge is 2.40. The van der Waals surface area contributed by atoms with Gasteiger partial charge in [-0.2, -0.15) is 0 Å². The molecule has 1 aromatic carbocycles. The highest BCUT2D eigenvalue weighted by molar-refractivity contribution is 5.89. The Bertz CT molecular complexity index is 923. The normalized spacial score (nSPS) is 20.9. The molecule has 2 fully saturated rings. The van der Waals surface area contributed by atoms with Crippen molar-refractivity contribution in [2.75, 3.05) is 11.9 Å². The van der Waals surface area contributed by atoms with E-state index in [0.29, 0.717) is 18.3 Å². The molecule has 2 heterocycles. The molecular formula is C26H36N4O3. The Morgan fingerprint density at radius 1 is 1.12 bits per heavy atom. The van der Waals surface area contributed by atoms with Crippen LogP contribution in [0.25, 0.3) is 0 Å². The topological polar surface area (TPSA) is 87.5 Å². The lowest BCUT2D eigenvalue weighted by atomic mass is 9.83. The second-order valence-electron chi connectivity index (χ2n) is 9.44. The van der Waals surface area contributed by atoms with Gasteiger partial charge < -0.3 is 20.0 Å². The first kappa shape index (κ1) is 23.3. The van der Waals surface area contributed by atoms with Crippen LogP contribution in [0.1, 0.15) is 77.0 Å². The molecule has 0 radical (unpaired) electrons. The number of nitrogens with one attached hydrogen (secondary N) is 2. The number of aromatic nitrogens is 1. The maximum absolute atomic E-state index is 13.8. The number of carbonyl (C=O) groups excluding carboxylic acids is 2. The zero-order valence-corrected chi connectivity index (χ0v) is 19.8. The number of carbonyl (C=O) groups is 2. The van der Waals surface area contributed by atoms with E-state index in [4.69, 9.17) is 4.42 Å². The van der Waals surface area contributed by atoms with Crippen molar-refractivity contribution in [2.24, 2.45) is 11.8 Å². The van der Waals surface area contributed by atoms with Gasteiger partial charge in [-0.3, -0.25) is 9.59 Å². The number of amides is 2. The van der Waals surface area contributed by atoms with Gasteiger partial charge in [0.1, 0.15) is 11.8 Å². The van der Waals surface area contributed by atoms with Crippen LogP contribution in [-0.4, -0.2) is 34.3 Å². The maximum atomic E-state index is 13.8. The summed E-state index contributed by atoms with van der Waals surface area (Å²) in [5, 5.41) is 6.31. The van der Waals surface area contributed by atoms with E-state index in [-0.39, 0.29) is 29.7 Å². The van der Waals surface area contributed by atoms with E-state index in [1.54, 1.807) is 6.20 Å². The van der Waals surface area contributed by atoms with Gasteiger partial charge in [-0.05, 0) is 50.2 Å². The number of hydrogen-bond donors (Lipinski definition) is 2. The quantitative estimate of drug-likeness (QED) is 0.575. The summed E-state index contributed by atoms with van der Waals surface area (Å²) in [6.07, 6.45) is 9.65. The molecule has 2 amide bonds. The summed E-state index contributed by atoms with van der Waals surface area (Å²) in [7, 11) is 0. The molecule has 2 aromatic rings. The summed E-state index contributed by atoms with van der Waals surface area (Å²) < 4.78 is 6.01. The Balaban J connectivity index is 1.50. The summed E-state index contributed by atoms with van der Waals surface area (Å²) in [6.45, 7) is 4.60. The summed E-state index contributed by atoms with van der Waals surface area (Å²) in [6, 6.07) is 9.56. The Morgan fingerprint density at radius 2 is 1.88 bits per heavy atom. The maximum Gasteiger partial charge on any atom is 0.299 e. The van der Waals surface area contributed by atoms with E-state index in [0.717, 1.165) is 50.6 Å². The van der Waals surface area contributed by atoms with Crippen LogP contribution in [0.2, 0.25) is 0 Å². The summed E-state index contributed by atoms with van der Waals surface area (Å²) >= 11 is 0. The van der Waals surface area contributed by atoms with Crippen LogP contribution in [0.5, 0.6) is 0 Å². The SMILES string of the molecule is CC[C@@H](C)C(=O)N[C@H](C(=O)N1CCC[C@H]1c1cnc(Nc2ccccc2)o1)C1CCCCC1. The van der Waals surface area contributed by atoms with Crippen molar-refractivity contribution in [1.82, 2.24) is 15.2 Å². The first-order valence-corrected chi connectivity index (χ1v) is 12.5. The zero-order chi connectivity index (χ0) is 23.2. The molecular weight excluding hydrogens is 416 g/mol. The van der Waals surface area contributed by atoms with Crippen LogP contribution in [0.3, 0.4) is 0 Å². The van der Waals surface area contributed by atoms with Crippen LogP contribution < -0.4 is 10.6 Å². The number of hydrogen-bond acceptors (Lipinski definition) is 5. The fraction of sp³-hybridized carbons (Fsp3) is 0.577. The minimum atomic E-state index is -0.461. The smallest absolute Gasteiger partial charge is 0.299 e. The van der Waals surface area contributed by atoms with E-state index in [1.165, 1.54) is 6.42 Å². The number of rotatable bonds is 8. The molecule has 3 atom stereocenters. The molecule has 7 nitrogen and oxygen atoms in total. The number of likely N-dealkylation sites (tertiary alicyclic amines) is 1. The molecule has 178 valence electrons. The average molecular weight is 453 g/mol. The highest BCUT2D eigenvalue weighted by Crippen LogP contribution is 2.36. The highest BCUT2D eigenvalue weighted by atomic mass is 16.4. The number of oxazole rings is 1. The predicted octanol–water partition coefficient (Wildman–Crippen LogP) is 5.19. The molecule has 1 aliphatic heterocycles. The van der Waals surface area contributed by atoms with Crippen LogP contribution >= 0.6 is 0 Å². The molecule has 1 saturated carbocycles. The van der Waals surface area contributed by atoms with Gasteiger partial charge >= 0.3 is 0 Å². The second kappa shape index (κ2) is 10.9. The third kappa shape index (κ3) is 5.57. The zero-order valence-electron chi connectivity index (χ0n) is 19.8. The van der Waals surface area contributed by atoms with E-state index < -0.39 is 6.04 Å². The standard InChI is InChI=1S/C26H36N4O3/c1-3-18(2)24(31)29-23(19-11-6-4-7-12-19)25(32)30-16-10-15-21(30)22-17-27-26(33-22)28-20-13-8-5-9-14-20/h5,8-9,13-14,17-19,21,23H,3-4,6-7,10-12,15-16H2,1-2H3,(H,27,28)(H,29,31)/t18-,21+,23+/m1/s1. The first-order valence-electron chi connectivity index (χ1n) is 12.5. The lowest BCUT2D eigenvalue weighted by Crippen LogP contribution is -2.53. The monoisotopic (exact) mass is 452 g/mol. The van der Waals surface area contributed by atoms with Crippen molar-refractivity contribution in [2.45, 2.75) is 77.3 Å².